The zero-order chi connectivity index (χ0) is 16.4. The number of nitrogens with zero attached hydrogens (tertiary/aromatic N) is 1. The van der Waals surface area contributed by atoms with E-state index in [1.807, 2.05) is 18.2 Å². The van der Waals surface area contributed by atoms with E-state index in [0.29, 0.717) is 37.1 Å². The van der Waals surface area contributed by atoms with Gasteiger partial charge in [-0.25, -0.2) is 4.39 Å². The Morgan fingerprint density at radius 3 is 2.96 bits per heavy atom. The summed E-state index contributed by atoms with van der Waals surface area (Å²) in [5, 5.41) is 3.01. The molecule has 2 aliphatic rings. The summed E-state index contributed by atoms with van der Waals surface area (Å²) in [5.41, 5.74) is 1.78. The van der Waals surface area contributed by atoms with Crippen molar-refractivity contribution in [3.8, 4) is 5.75 Å². The van der Waals surface area contributed by atoms with Gasteiger partial charge in [-0.05, 0) is 29.5 Å². The van der Waals surface area contributed by atoms with Crippen molar-refractivity contribution in [1.29, 1.82) is 0 Å². The lowest BCUT2D eigenvalue weighted by molar-refractivity contribution is 0.0950. The van der Waals surface area contributed by atoms with Crippen LogP contribution < -0.4 is 10.1 Å². The Labute approximate surface area is 137 Å². The molecule has 2 atom stereocenters. The Balaban J connectivity index is 1.85. The van der Waals surface area contributed by atoms with Crippen LogP contribution in [0.5, 0.6) is 5.75 Å². The van der Waals surface area contributed by atoms with Gasteiger partial charge >= 0.3 is 0 Å². The second-order valence-electron chi connectivity index (χ2n) is 6.98. The molecule has 1 amide bonds. The molecule has 0 unspecified atom stereocenters. The van der Waals surface area contributed by atoms with E-state index in [0.717, 1.165) is 24.4 Å². The third-order valence-electron chi connectivity index (χ3n) is 4.69. The minimum atomic E-state index is -0.319. The third-order valence-corrected chi connectivity index (χ3v) is 4.69. The number of benzene rings is 1. The molecule has 2 heterocycles. The van der Waals surface area contributed by atoms with Gasteiger partial charge in [0.2, 0.25) is 0 Å². The number of nitrogens with one attached hydrogen (secondary N) is 1. The standard InChI is InChI=1S/C18H25FN2O2/c1-12(2)11-23-14-3-4-15-16(7-14)18(22)20-8-13-9-21(6-5-19)10-17(13)15/h3-4,7,12-13,17H,5-6,8-11H2,1-2H3,(H,20,22)/t13-,17-/m0/s1. The number of fused-ring (bicyclic) bond motifs is 3. The minimum absolute atomic E-state index is 0.0264. The molecule has 0 aliphatic carbocycles. The van der Waals surface area contributed by atoms with Crippen LogP contribution in [-0.2, 0) is 0 Å². The van der Waals surface area contributed by atoms with Gasteiger partial charge in [0.1, 0.15) is 12.4 Å². The Hall–Kier alpha value is -1.62. The Kier molecular flexibility index (Phi) is 4.85. The van der Waals surface area contributed by atoms with Gasteiger partial charge in [-0.15, -0.1) is 0 Å². The number of likely N-dealkylation sites (tertiary alicyclic amines) is 1. The second kappa shape index (κ2) is 6.87. The largest absolute Gasteiger partial charge is 0.493 e. The summed E-state index contributed by atoms with van der Waals surface area (Å²) in [7, 11) is 0. The van der Waals surface area contributed by atoms with Crippen LogP contribution in [0.2, 0.25) is 0 Å². The van der Waals surface area contributed by atoms with E-state index in [1.165, 1.54) is 0 Å². The fraction of sp³-hybridized carbons (Fsp3) is 0.611. The summed E-state index contributed by atoms with van der Waals surface area (Å²) in [6.07, 6.45) is 0. The molecular weight excluding hydrogens is 295 g/mol. The molecule has 1 saturated heterocycles. The molecule has 0 spiro atoms. The highest BCUT2D eigenvalue weighted by Gasteiger charge is 2.37. The van der Waals surface area contributed by atoms with E-state index in [9.17, 15) is 9.18 Å². The monoisotopic (exact) mass is 320 g/mol. The lowest BCUT2D eigenvalue weighted by atomic mass is 9.87. The van der Waals surface area contributed by atoms with Crippen molar-refractivity contribution in [2.24, 2.45) is 11.8 Å². The highest BCUT2D eigenvalue weighted by molar-refractivity contribution is 5.96. The highest BCUT2D eigenvalue weighted by Crippen LogP contribution is 2.37. The van der Waals surface area contributed by atoms with Crippen molar-refractivity contribution in [2.75, 3.05) is 39.5 Å². The van der Waals surface area contributed by atoms with E-state index in [1.54, 1.807) is 0 Å². The van der Waals surface area contributed by atoms with Gasteiger partial charge in [0.25, 0.3) is 5.91 Å². The van der Waals surface area contributed by atoms with Crippen LogP contribution in [0.4, 0.5) is 4.39 Å². The quantitative estimate of drug-likeness (QED) is 0.906. The molecule has 5 heteroatoms. The fourth-order valence-electron chi connectivity index (χ4n) is 3.55. The predicted molar refractivity (Wildman–Crippen MR) is 87.8 cm³/mol. The number of carbonyl (C=O) groups excluding carboxylic acids is 1. The van der Waals surface area contributed by atoms with Gasteiger partial charge in [-0.3, -0.25) is 9.69 Å². The van der Waals surface area contributed by atoms with Crippen molar-refractivity contribution < 1.29 is 13.9 Å². The zero-order valence-electron chi connectivity index (χ0n) is 13.8. The first-order valence-electron chi connectivity index (χ1n) is 8.41. The lowest BCUT2D eigenvalue weighted by Crippen LogP contribution is -2.30. The molecule has 0 saturated carbocycles. The first kappa shape index (κ1) is 16.2. The maximum absolute atomic E-state index is 12.6. The third kappa shape index (κ3) is 3.50. The summed E-state index contributed by atoms with van der Waals surface area (Å²) in [5.74, 6) is 1.80. The van der Waals surface area contributed by atoms with Crippen molar-refractivity contribution in [2.45, 2.75) is 19.8 Å². The second-order valence-corrected chi connectivity index (χ2v) is 6.98. The van der Waals surface area contributed by atoms with Crippen LogP contribution in [0.3, 0.4) is 0 Å². The SMILES string of the molecule is CC(C)COc1ccc2c(c1)C(=O)NC[C@H]1CN(CCF)C[C@H]21. The molecule has 3 rings (SSSR count). The van der Waals surface area contributed by atoms with Crippen molar-refractivity contribution >= 4 is 5.91 Å². The number of hydrogen-bond acceptors (Lipinski definition) is 3. The van der Waals surface area contributed by atoms with Crippen molar-refractivity contribution in [1.82, 2.24) is 10.2 Å². The maximum atomic E-state index is 12.6. The number of ether oxygens (including phenoxy) is 1. The molecule has 1 aromatic rings. The molecule has 2 aliphatic heterocycles. The summed E-state index contributed by atoms with van der Waals surface area (Å²) in [4.78, 5) is 14.5. The molecule has 4 nitrogen and oxygen atoms in total. The normalized spacial score (nSPS) is 24.1. The zero-order valence-corrected chi connectivity index (χ0v) is 13.8. The molecule has 0 radical (unpaired) electrons. The van der Waals surface area contributed by atoms with Crippen LogP contribution in [0.15, 0.2) is 18.2 Å². The van der Waals surface area contributed by atoms with Crippen LogP contribution in [-0.4, -0.2) is 50.3 Å². The van der Waals surface area contributed by atoms with Crippen molar-refractivity contribution in [3.05, 3.63) is 29.3 Å². The summed E-state index contributed by atoms with van der Waals surface area (Å²) in [6, 6.07) is 5.83. The molecule has 23 heavy (non-hydrogen) atoms. The number of alkyl halides is 1. The predicted octanol–water partition coefficient (Wildman–Crippen LogP) is 2.45. The number of rotatable bonds is 5. The topological polar surface area (TPSA) is 41.6 Å². The van der Waals surface area contributed by atoms with Gasteiger partial charge in [0, 0.05) is 37.7 Å². The Bertz CT molecular complexity index is 576. The van der Waals surface area contributed by atoms with E-state index >= 15 is 0 Å². The molecule has 0 aromatic heterocycles. The molecule has 1 fully saturated rings. The number of halogens is 1. The maximum Gasteiger partial charge on any atom is 0.251 e. The van der Waals surface area contributed by atoms with E-state index in [4.69, 9.17) is 4.74 Å². The molecule has 1 aromatic carbocycles. The van der Waals surface area contributed by atoms with Crippen LogP contribution >= 0.6 is 0 Å². The van der Waals surface area contributed by atoms with Gasteiger partial charge < -0.3 is 10.1 Å². The first-order chi connectivity index (χ1) is 11.1. The van der Waals surface area contributed by atoms with Crippen LogP contribution in [0.1, 0.15) is 35.7 Å². The van der Waals surface area contributed by atoms with Gasteiger partial charge in [-0.1, -0.05) is 19.9 Å². The number of amides is 1. The van der Waals surface area contributed by atoms with E-state index < -0.39 is 0 Å². The molecule has 0 bridgehead atoms. The summed E-state index contributed by atoms with van der Waals surface area (Å²) < 4.78 is 18.4. The van der Waals surface area contributed by atoms with Crippen molar-refractivity contribution in [3.63, 3.8) is 0 Å². The van der Waals surface area contributed by atoms with Gasteiger partial charge in [0.05, 0.1) is 6.61 Å². The minimum Gasteiger partial charge on any atom is -0.493 e. The Morgan fingerprint density at radius 1 is 1.39 bits per heavy atom. The van der Waals surface area contributed by atoms with Crippen LogP contribution in [0, 0.1) is 11.8 Å². The van der Waals surface area contributed by atoms with Gasteiger partial charge in [0.15, 0.2) is 0 Å². The lowest BCUT2D eigenvalue weighted by Gasteiger charge is -2.17. The first-order valence-corrected chi connectivity index (χ1v) is 8.41. The molecule has 1 N–H and O–H groups in total. The van der Waals surface area contributed by atoms with E-state index in [-0.39, 0.29) is 18.5 Å². The fourth-order valence-corrected chi connectivity index (χ4v) is 3.55. The number of carbonyl (C=O) groups is 1. The molecule has 126 valence electrons. The molecular formula is C18H25FN2O2. The highest BCUT2D eigenvalue weighted by atomic mass is 19.1. The smallest absolute Gasteiger partial charge is 0.251 e. The Morgan fingerprint density at radius 2 is 2.22 bits per heavy atom. The number of hydrogen-bond donors (Lipinski definition) is 1. The van der Waals surface area contributed by atoms with Crippen LogP contribution in [0.25, 0.3) is 0 Å². The summed E-state index contributed by atoms with van der Waals surface area (Å²) >= 11 is 0. The van der Waals surface area contributed by atoms with Gasteiger partial charge in [-0.2, -0.15) is 0 Å². The average molecular weight is 320 g/mol. The summed E-state index contributed by atoms with van der Waals surface area (Å²) in [6.45, 7) is 7.31. The van der Waals surface area contributed by atoms with E-state index in [2.05, 4.69) is 24.1 Å². The average Bonchev–Trinajstić information content (AvgIpc) is 2.88.